The Bertz CT molecular complexity index is 1050. The van der Waals surface area contributed by atoms with Crippen LogP contribution < -0.4 is 9.64 Å². The summed E-state index contributed by atoms with van der Waals surface area (Å²) in [6.07, 6.45) is 4.27. The molecular formula is C27H23NO. The summed E-state index contributed by atoms with van der Waals surface area (Å²) in [5, 5.41) is 0. The summed E-state index contributed by atoms with van der Waals surface area (Å²) in [6.45, 7) is 0. The summed E-state index contributed by atoms with van der Waals surface area (Å²) in [5.41, 5.74) is 5.68. The van der Waals surface area contributed by atoms with Crippen LogP contribution in [-0.2, 0) is 0 Å². The summed E-state index contributed by atoms with van der Waals surface area (Å²) >= 11 is 0. The molecule has 0 aromatic heterocycles. The molecule has 2 heteroatoms. The average molecular weight is 377 g/mol. The Kier molecular flexibility index (Phi) is 5.73. The van der Waals surface area contributed by atoms with Gasteiger partial charge in [0.1, 0.15) is 5.75 Å². The minimum Gasteiger partial charge on any atom is -0.497 e. The molecule has 142 valence electrons. The molecule has 0 aliphatic rings. The van der Waals surface area contributed by atoms with Crippen molar-refractivity contribution >= 4 is 29.2 Å². The molecule has 0 atom stereocenters. The van der Waals surface area contributed by atoms with Crippen LogP contribution >= 0.6 is 0 Å². The molecule has 0 bridgehead atoms. The van der Waals surface area contributed by atoms with Crippen LogP contribution in [-0.4, -0.2) is 7.11 Å². The van der Waals surface area contributed by atoms with E-state index in [1.54, 1.807) is 7.11 Å². The number of ether oxygens (including phenoxy) is 1. The van der Waals surface area contributed by atoms with Crippen molar-refractivity contribution in [1.29, 1.82) is 0 Å². The maximum Gasteiger partial charge on any atom is 0.119 e. The number of methoxy groups -OCH3 is 1. The Hall–Kier alpha value is -3.78. The fourth-order valence-electron chi connectivity index (χ4n) is 3.25. The number of hydrogen-bond acceptors (Lipinski definition) is 2. The third-order valence-corrected chi connectivity index (χ3v) is 4.76. The molecule has 0 spiro atoms. The van der Waals surface area contributed by atoms with Crippen LogP contribution in [0.1, 0.15) is 11.1 Å². The number of para-hydroxylation sites is 1. The highest BCUT2D eigenvalue weighted by atomic mass is 16.5. The Labute approximate surface area is 172 Å². The van der Waals surface area contributed by atoms with E-state index in [1.165, 1.54) is 11.1 Å². The Morgan fingerprint density at radius 2 is 0.966 bits per heavy atom. The predicted octanol–water partition coefficient (Wildman–Crippen LogP) is 7.34. The van der Waals surface area contributed by atoms with Crippen LogP contribution in [0.15, 0.2) is 109 Å². The second kappa shape index (κ2) is 8.94. The molecule has 0 saturated heterocycles. The Morgan fingerprint density at radius 3 is 1.52 bits per heavy atom. The molecule has 0 fully saturated rings. The molecule has 0 aliphatic heterocycles. The fourth-order valence-corrected chi connectivity index (χ4v) is 3.25. The van der Waals surface area contributed by atoms with Crippen LogP contribution in [0.3, 0.4) is 0 Å². The van der Waals surface area contributed by atoms with Crippen molar-refractivity contribution in [3.63, 3.8) is 0 Å². The first-order chi connectivity index (χ1) is 14.3. The van der Waals surface area contributed by atoms with Crippen molar-refractivity contribution in [1.82, 2.24) is 0 Å². The molecule has 4 aromatic carbocycles. The molecule has 0 amide bonds. The SMILES string of the molecule is COc1ccc(N(c2ccccc2)c2ccc(C=Cc3ccccc3)cc2)cc1. The molecular weight excluding hydrogens is 354 g/mol. The molecule has 0 saturated carbocycles. The van der Waals surface area contributed by atoms with Crippen LogP contribution in [0.4, 0.5) is 17.1 Å². The lowest BCUT2D eigenvalue weighted by atomic mass is 10.1. The summed E-state index contributed by atoms with van der Waals surface area (Å²) in [7, 11) is 1.69. The smallest absolute Gasteiger partial charge is 0.119 e. The number of nitrogens with zero attached hydrogens (tertiary/aromatic N) is 1. The van der Waals surface area contributed by atoms with Crippen molar-refractivity contribution in [2.45, 2.75) is 0 Å². The number of hydrogen-bond donors (Lipinski definition) is 0. The molecule has 0 heterocycles. The van der Waals surface area contributed by atoms with Gasteiger partial charge in [-0.1, -0.05) is 72.8 Å². The van der Waals surface area contributed by atoms with E-state index in [1.807, 2.05) is 24.3 Å². The van der Waals surface area contributed by atoms with E-state index in [9.17, 15) is 0 Å². The van der Waals surface area contributed by atoms with Gasteiger partial charge in [-0.05, 0) is 59.7 Å². The lowest BCUT2D eigenvalue weighted by Gasteiger charge is -2.25. The van der Waals surface area contributed by atoms with Crippen LogP contribution in [0.25, 0.3) is 12.2 Å². The molecule has 4 rings (SSSR count). The van der Waals surface area contributed by atoms with Gasteiger partial charge in [-0.25, -0.2) is 0 Å². The summed E-state index contributed by atoms with van der Waals surface area (Å²) < 4.78 is 5.31. The van der Waals surface area contributed by atoms with E-state index in [-0.39, 0.29) is 0 Å². The average Bonchev–Trinajstić information content (AvgIpc) is 2.81. The van der Waals surface area contributed by atoms with Crippen molar-refractivity contribution < 1.29 is 4.74 Å². The van der Waals surface area contributed by atoms with E-state index >= 15 is 0 Å². The third kappa shape index (κ3) is 4.56. The van der Waals surface area contributed by atoms with Gasteiger partial charge in [0.05, 0.1) is 7.11 Å². The molecule has 29 heavy (non-hydrogen) atoms. The predicted molar refractivity (Wildman–Crippen MR) is 123 cm³/mol. The van der Waals surface area contributed by atoms with Gasteiger partial charge in [-0.2, -0.15) is 0 Å². The first-order valence-corrected chi connectivity index (χ1v) is 9.66. The van der Waals surface area contributed by atoms with Gasteiger partial charge >= 0.3 is 0 Å². The fraction of sp³-hybridized carbons (Fsp3) is 0.0370. The number of anilines is 3. The molecule has 4 aromatic rings. The van der Waals surface area contributed by atoms with Gasteiger partial charge in [-0.15, -0.1) is 0 Å². The van der Waals surface area contributed by atoms with Gasteiger partial charge in [0, 0.05) is 17.1 Å². The van der Waals surface area contributed by atoms with E-state index < -0.39 is 0 Å². The van der Waals surface area contributed by atoms with Crippen molar-refractivity contribution in [2.24, 2.45) is 0 Å². The number of rotatable bonds is 6. The van der Waals surface area contributed by atoms with Crippen molar-refractivity contribution in [2.75, 3.05) is 12.0 Å². The quantitative estimate of drug-likeness (QED) is 0.326. The van der Waals surface area contributed by atoms with E-state index in [4.69, 9.17) is 4.74 Å². The second-order valence-corrected chi connectivity index (χ2v) is 6.70. The normalized spacial score (nSPS) is 10.8. The molecule has 0 aliphatic carbocycles. The summed E-state index contributed by atoms with van der Waals surface area (Å²) in [5.74, 6) is 0.850. The van der Waals surface area contributed by atoms with E-state index in [2.05, 4.69) is 102 Å². The standard InChI is InChI=1S/C27H23NO/c1-29-27-20-18-26(19-21-27)28(24-10-6-3-7-11-24)25-16-14-23(15-17-25)13-12-22-8-4-2-5-9-22/h2-21H,1H3. The first-order valence-electron chi connectivity index (χ1n) is 9.66. The summed E-state index contributed by atoms with van der Waals surface area (Å²) in [4.78, 5) is 2.24. The number of benzene rings is 4. The van der Waals surface area contributed by atoms with Gasteiger partial charge in [0.25, 0.3) is 0 Å². The lowest BCUT2D eigenvalue weighted by molar-refractivity contribution is 0.415. The molecule has 0 radical (unpaired) electrons. The zero-order valence-electron chi connectivity index (χ0n) is 16.4. The van der Waals surface area contributed by atoms with Gasteiger partial charge in [-0.3, -0.25) is 0 Å². The van der Waals surface area contributed by atoms with E-state index in [0.29, 0.717) is 0 Å². The third-order valence-electron chi connectivity index (χ3n) is 4.76. The molecule has 0 unspecified atom stereocenters. The highest BCUT2D eigenvalue weighted by Crippen LogP contribution is 2.35. The highest BCUT2D eigenvalue weighted by molar-refractivity contribution is 5.78. The molecule has 0 N–H and O–H groups in total. The summed E-state index contributed by atoms with van der Waals surface area (Å²) in [6, 6.07) is 37.5. The largest absolute Gasteiger partial charge is 0.497 e. The van der Waals surface area contributed by atoms with Gasteiger partial charge in [0.2, 0.25) is 0 Å². The zero-order chi connectivity index (χ0) is 19.9. The topological polar surface area (TPSA) is 12.5 Å². The van der Waals surface area contributed by atoms with Crippen LogP contribution in [0.2, 0.25) is 0 Å². The van der Waals surface area contributed by atoms with Crippen LogP contribution in [0, 0.1) is 0 Å². The van der Waals surface area contributed by atoms with Crippen molar-refractivity contribution in [3.8, 4) is 5.75 Å². The monoisotopic (exact) mass is 377 g/mol. The minimum absolute atomic E-state index is 0.850. The minimum atomic E-state index is 0.850. The molecule has 2 nitrogen and oxygen atoms in total. The highest BCUT2D eigenvalue weighted by Gasteiger charge is 2.12. The second-order valence-electron chi connectivity index (χ2n) is 6.70. The van der Waals surface area contributed by atoms with Crippen LogP contribution in [0.5, 0.6) is 5.75 Å². The van der Waals surface area contributed by atoms with Crippen molar-refractivity contribution in [3.05, 3.63) is 120 Å². The lowest BCUT2D eigenvalue weighted by Crippen LogP contribution is -2.09. The van der Waals surface area contributed by atoms with E-state index in [0.717, 1.165) is 22.8 Å². The maximum absolute atomic E-state index is 5.31. The van der Waals surface area contributed by atoms with Gasteiger partial charge < -0.3 is 9.64 Å². The Balaban J connectivity index is 1.65. The van der Waals surface area contributed by atoms with Gasteiger partial charge in [0.15, 0.2) is 0 Å². The zero-order valence-corrected chi connectivity index (χ0v) is 16.4. The maximum atomic E-state index is 5.31. The first kappa shape index (κ1) is 18.6. The Morgan fingerprint density at radius 1 is 0.517 bits per heavy atom.